The molecule has 1 aromatic heterocycles. The van der Waals surface area contributed by atoms with Crippen molar-refractivity contribution in [1.29, 1.82) is 0 Å². The average Bonchev–Trinajstić information content (AvgIpc) is 2.72. The first-order valence-electron chi connectivity index (χ1n) is 7.65. The van der Waals surface area contributed by atoms with Gasteiger partial charge in [0.25, 0.3) is 0 Å². The average molecular weight is 282 g/mol. The number of hydrogen-bond acceptors (Lipinski definition) is 3. The van der Waals surface area contributed by atoms with Crippen molar-refractivity contribution in [2.24, 2.45) is 0 Å². The standard InChI is InChI=1S/C18H22N2O/c1-13-7-5-8-15-17(10-6-12-21-18(13)15)20-14(2)16-9-3-4-11-19-16/h3-5,7-9,11,14,17,20H,6,10,12H2,1-2H3/t14-,17?/m0/s1. The van der Waals surface area contributed by atoms with Gasteiger partial charge in [-0.25, -0.2) is 0 Å². The Balaban J connectivity index is 1.84. The first-order valence-corrected chi connectivity index (χ1v) is 7.65. The summed E-state index contributed by atoms with van der Waals surface area (Å²) in [6, 6.07) is 13.0. The van der Waals surface area contributed by atoms with Crippen molar-refractivity contribution >= 4 is 0 Å². The molecule has 0 saturated carbocycles. The summed E-state index contributed by atoms with van der Waals surface area (Å²) in [6.07, 6.45) is 4.01. The molecule has 2 aromatic rings. The van der Waals surface area contributed by atoms with Crippen LogP contribution in [0.25, 0.3) is 0 Å². The van der Waals surface area contributed by atoms with Gasteiger partial charge in [0.2, 0.25) is 0 Å². The van der Waals surface area contributed by atoms with Crippen molar-refractivity contribution in [3.05, 3.63) is 59.4 Å². The van der Waals surface area contributed by atoms with Crippen molar-refractivity contribution < 1.29 is 4.74 Å². The van der Waals surface area contributed by atoms with Crippen LogP contribution in [0.3, 0.4) is 0 Å². The molecule has 0 aliphatic carbocycles. The van der Waals surface area contributed by atoms with Crippen LogP contribution >= 0.6 is 0 Å². The lowest BCUT2D eigenvalue weighted by atomic mass is 9.98. The van der Waals surface area contributed by atoms with E-state index in [0.717, 1.165) is 30.9 Å². The molecule has 0 saturated heterocycles. The molecule has 2 atom stereocenters. The number of rotatable bonds is 3. The molecule has 1 aliphatic rings. The Labute approximate surface area is 126 Å². The Morgan fingerprint density at radius 2 is 2.14 bits per heavy atom. The number of aryl methyl sites for hydroxylation is 1. The Morgan fingerprint density at radius 1 is 1.24 bits per heavy atom. The molecule has 21 heavy (non-hydrogen) atoms. The predicted molar refractivity (Wildman–Crippen MR) is 84.4 cm³/mol. The summed E-state index contributed by atoms with van der Waals surface area (Å²) < 4.78 is 5.94. The summed E-state index contributed by atoms with van der Waals surface area (Å²) in [5, 5.41) is 3.72. The summed E-state index contributed by atoms with van der Waals surface area (Å²) in [5.41, 5.74) is 3.57. The van der Waals surface area contributed by atoms with E-state index < -0.39 is 0 Å². The highest BCUT2D eigenvalue weighted by atomic mass is 16.5. The van der Waals surface area contributed by atoms with Crippen molar-refractivity contribution in [2.75, 3.05) is 6.61 Å². The third-order valence-corrected chi connectivity index (χ3v) is 4.08. The fourth-order valence-corrected chi connectivity index (χ4v) is 2.96. The number of aromatic nitrogens is 1. The molecular weight excluding hydrogens is 260 g/mol. The van der Waals surface area contributed by atoms with Gasteiger partial charge in [0.05, 0.1) is 12.3 Å². The van der Waals surface area contributed by atoms with E-state index in [1.54, 1.807) is 0 Å². The molecule has 1 aromatic carbocycles. The molecule has 3 nitrogen and oxygen atoms in total. The van der Waals surface area contributed by atoms with E-state index >= 15 is 0 Å². The molecule has 0 amide bonds. The zero-order valence-electron chi connectivity index (χ0n) is 12.7. The molecule has 110 valence electrons. The number of nitrogens with one attached hydrogen (secondary N) is 1. The lowest BCUT2D eigenvalue weighted by molar-refractivity contribution is 0.312. The molecule has 0 spiro atoms. The molecule has 0 bridgehead atoms. The number of pyridine rings is 1. The molecule has 3 rings (SSSR count). The first kappa shape index (κ1) is 14.1. The zero-order valence-corrected chi connectivity index (χ0v) is 12.7. The second kappa shape index (κ2) is 6.27. The highest BCUT2D eigenvalue weighted by Crippen LogP contribution is 2.35. The van der Waals surface area contributed by atoms with Crippen molar-refractivity contribution in [3.63, 3.8) is 0 Å². The number of nitrogens with zero attached hydrogens (tertiary/aromatic N) is 1. The molecule has 3 heteroatoms. The Kier molecular flexibility index (Phi) is 4.20. The number of ether oxygens (including phenoxy) is 1. The van der Waals surface area contributed by atoms with Crippen molar-refractivity contribution in [3.8, 4) is 5.75 Å². The Bertz CT molecular complexity index is 597. The molecular formula is C18H22N2O. The lowest BCUT2D eigenvalue weighted by Crippen LogP contribution is -2.25. The lowest BCUT2D eigenvalue weighted by Gasteiger charge is -2.23. The van der Waals surface area contributed by atoms with Crippen LogP contribution in [0, 0.1) is 6.92 Å². The van der Waals surface area contributed by atoms with Crippen LogP contribution in [0.2, 0.25) is 0 Å². The van der Waals surface area contributed by atoms with E-state index in [9.17, 15) is 0 Å². The van der Waals surface area contributed by atoms with Gasteiger partial charge >= 0.3 is 0 Å². The van der Waals surface area contributed by atoms with Crippen LogP contribution < -0.4 is 10.1 Å². The van der Waals surface area contributed by atoms with E-state index in [-0.39, 0.29) is 6.04 Å². The third-order valence-electron chi connectivity index (χ3n) is 4.08. The molecule has 0 fully saturated rings. The van der Waals surface area contributed by atoms with Gasteiger partial charge in [-0.05, 0) is 44.4 Å². The van der Waals surface area contributed by atoms with Gasteiger partial charge in [-0.3, -0.25) is 4.98 Å². The molecule has 1 aliphatic heterocycles. The van der Waals surface area contributed by atoms with Gasteiger partial charge < -0.3 is 10.1 Å². The van der Waals surface area contributed by atoms with Gasteiger partial charge in [0.1, 0.15) is 5.75 Å². The fourth-order valence-electron chi connectivity index (χ4n) is 2.96. The Morgan fingerprint density at radius 3 is 2.95 bits per heavy atom. The van der Waals surface area contributed by atoms with Crippen LogP contribution in [-0.4, -0.2) is 11.6 Å². The highest BCUT2D eigenvalue weighted by Gasteiger charge is 2.22. The minimum atomic E-state index is 0.225. The minimum Gasteiger partial charge on any atom is -0.493 e. The largest absolute Gasteiger partial charge is 0.493 e. The molecule has 0 radical (unpaired) electrons. The number of hydrogen-bond donors (Lipinski definition) is 1. The van der Waals surface area contributed by atoms with Gasteiger partial charge in [0, 0.05) is 23.8 Å². The van der Waals surface area contributed by atoms with Crippen LogP contribution in [-0.2, 0) is 0 Å². The first-order chi connectivity index (χ1) is 10.3. The van der Waals surface area contributed by atoms with E-state index in [2.05, 4.69) is 48.4 Å². The fraction of sp³-hybridized carbons (Fsp3) is 0.389. The third kappa shape index (κ3) is 3.08. The van der Waals surface area contributed by atoms with Crippen LogP contribution in [0.1, 0.15) is 48.7 Å². The number of fused-ring (bicyclic) bond motifs is 1. The van der Waals surface area contributed by atoms with Gasteiger partial charge in [-0.2, -0.15) is 0 Å². The maximum atomic E-state index is 5.94. The molecule has 1 unspecified atom stereocenters. The quantitative estimate of drug-likeness (QED) is 0.925. The normalized spacial score (nSPS) is 19.2. The maximum absolute atomic E-state index is 5.94. The smallest absolute Gasteiger partial charge is 0.126 e. The summed E-state index contributed by atoms with van der Waals surface area (Å²) in [4.78, 5) is 4.45. The summed E-state index contributed by atoms with van der Waals surface area (Å²) in [7, 11) is 0. The van der Waals surface area contributed by atoms with E-state index in [0.29, 0.717) is 6.04 Å². The van der Waals surface area contributed by atoms with Crippen molar-refractivity contribution in [1.82, 2.24) is 10.3 Å². The van der Waals surface area contributed by atoms with Gasteiger partial charge in [-0.1, -0.05) is 24.3 Å². The van der Waals surface area contributed by atoms with E-state index in [4.69, 9.17) is 4.74 Å². The van der Waals surface area contributed by atoms with Crippen LogP contribution in [0.5, 0.6) is 5.75 Å². The molecule has 2 heterocycles. The van der Waals surface area contributed by atoms with E-state index in [1.807, 2.05) is 18.3 Å². The second-order valence-corrected chi connectivity index (χ2v) is 5.68. The monoisotopic (exact) mass is 282 g/mol. The summed E-state index contributed by atoms with van der Waals surface area (Å²) in [5.74, 6) is 1.06. The number of benzene rings is 1. The van der Waals surface area contributed by atoms with Gasteiger partial charge in [-0.15, -0.1) is 0 Å². The molecule has 1 N–H and O–H groups in total. The minimum absolute atomic E-state index is 0.225. The zero-order chi connectivity index (χ0) is 14.7. The van der Waals surface area contributed by atoms with Gasteiger partial charge in [0.15, 0.2) is 0 Å². The summed E-state index contributed by atoms with van der Waals surface area (Å²) >= 11 is 0. The SMILES string of the molecule is Cc1cccc2c1OCCCC2N[C@@H](C)c1ccccn1. The second-order valence-electron chi connectivity index (χ2n) is 5.68. The summed E-state index contributed by atoms with van der Waals surface area (Å²) in [6.45, 7) is 5.08. The predicted octanol–water partition coefficient (Wildman–Crippen LogP) is 3.95. The van der Waals surface area contributed by atoms with E-state index in [1.165, 1.54) is 11.1 Å². The topological polar surface area (TPSA) is 34.1 Å². The van der Waals surface area contributed by atoms with Crippen LogP contribution in [0.4, 0.5) is 0 Å². The highest BCUT2D eigenvalue weighted by molar-refractivity contribution is 5.43. The maximum Gasteiger partial charge on any atom is 0.126 e. The van der Waals surface area contributed by atoms with Crippen LogP contribution in [0.15, 0.2) is 42.6 Å². The Hall–Kier alpha value is -1.87. The van der Waals surface area contributed by atoms with Crippen molar-refractivity contribution in [2.45, 2.75) is 38.8 Å². The number of para-hydroxylation sites is 1.